The number of aromatic nitrogens is 3. The molecule has 3 rings (SSSR count). The highest BCUT2D eigenvalue weighted by atomic mass is 16.1. The Kier molecular flexibility index (Phi) is 4.73. The molecule has 0 bridgehead atoms. The van der Waals surface area contributed by atoms with Crippen LogP contribution < -0.4 is 10.9 Å². The van der Waals surface area contributed by atoms with Gasteiger partial charge < -0.3 is 5.32 Å². The second-order valence-electron chi connectivity index (χ2n) is 6.38. The number of nitrogens with zero attached hydrogens (tertiary/aromatic N) is 4. The molecule has 1 N–H and O–H groups in total. The third-order valence-electron chi connectivity index (χ3n) is 4.61. The molecule has 1 unspecified atom stereocenters. The van der Waals surface area contributed by atoms with Gasteiger partial charge in [-0.1, -0.05) is 13.3 Å². The molecule has 2 atom stereocenters. The molecule has 1 fully saturated rings. The van der Waals surface area contributed by atoms with E-state index in [0.717, 1.165) is 43.8 Å². The van der Waals surface area contributed by atoms with Gasteiger partial charge in [0.05, 0.1) is 16.9 Å². The molecule has 0 spiro atoms. The van der Waals surface area contributed by atoms with E-state index in [-0.39, 0.29) is 11.6 Å². The predicted octanol–water partition coefficient (Wildman–Crippen LogP) is 1.46. The average Bonchev–Trinajstić information content (AvgIpc) is 2.56. The molecule has 1 aliphatic rings. The van der Waals surface area contributed by atoms with Crippen molar-refractivity contribution < 1.29 is 0 Å². The molecule has 0 aromatic carbocycles. The van der Waals surface area contributed by atoms with Crippen molar-refractivity contribution in [2.24, 2.45) is 7.05 Å². The first kappa shape index (κ1) is 16.1. The van der Waals surface area contributed by atoms with Crippen molar-refractivity contribution in [2.75, 3.05) is 19.6 Å². The van der Waals surface area contributed by atoms with Crippen LogP contribution in [-0.4, -0.2) is 45.1 Å². The molecule has 23 heavy (non-hydrogen) atoms. The van der Waals surface area contributed by atoms with E-state index in [1.807, 2.05) is 13.1 Å². The first-order valence-corrected chi connectivity index (χ1v) is 8.40. The molecule has 124 valence electrons. The van der Waals surface area contributed by atoms with Crippen LogP contribution in [0, 0.1) is 0 Å². The van der Waals surface area contributed by atoms with Gasteiger partial charge >= 0.3 is 0 Å². The molecule has 0 amide bonds. The molecule has 2 aromatic rings. The summed E-state index contributed by atoms with van der Waals surface area (Å²) in [4.78, 5) is 24.0. The Morgan fingerprint density at radius 1 is 1.48 bits per heavy atom. The summed E-state index contributed by atoms with van der Waals surface area (Å²) in [6.45, 7) is 7.33. The van der Waals surface area contributed by atoms with E-state index >= 15 is 0 Å². The lowest BCUT2D eigenvalue weighted by molar-refractivity contribution is 0.132. The Labute approximate surface area is 136 Å². The minimum atomic E-state index is -0.0117. The average molecular weight is 315 g/mol. The molecule has 6 nitrogen and oxygen atoms in total. The summed E-state index contributed by atoms with van der Waals surface area (Å²) in [7, 11) is 1.82. The van der Waals surface area contributed by atoms with Crippen molar-refractivity contribution in [3.05, 3.63) is 34.6 Å². The molecule has 1 aliphatic heterocycles. The van der Waals surface area contributed by atoms with Gasteiger partial charge in [0.15, 0.2) is 0 Å². The Morgan fingerprint density at radius 2 is 2.30 bits per heavy atom. The molecule has 1 saturated heterocycles. The van der Waals surface area contributed by atoms with Gasteiger partial charge in [-0.2, -0.15) is 0 Å². The topological polar surface area (TPSA) is 63.1 Å². The number of pyridine rings is 1. The van der Waals surface area contributed by atoms with Crippen LogP contribution in [0.5, 0.6) is 0 Å². The quantitative estimate of drug-likeness (QED) is 0.925. The normalized spacial score (nSPS) is 20.7. The van der Waals surface area contributed by atoms with Crippen LogP contribution in [0.2, 0.25) is 0 Å². The van der Waals surface area contributed by atoms with Crippen LogP contribution in [0.25, 0.3) is 10.9 Å². The van der Waals surface area contributed by atoms with Gasteiger partial charge in [-0.15, -0.1) is 0 Å². The maximum atomic E-state index is 12.7. The van der Waals surface area contributed by atoms with Gasteiger partial charge in [0, 0.05) is 45.1 Å². The fraction of sp³-hybridized carbons (Fsp3) is 0.588. The van der Waals surface area contributed by atoms with Crippen molar-refractivity contribution in [2.45, 2.75) is 38.8 Å². The fourth-order valence-electron chi connectivity index (χ4n) is 3.42. The van der Waals surface area contributed by atoms with Gasteiger partial charge in [-0.3, -0.25) is 19.2 Å². The lowest BCUT2D eigenvalue weighted by atomic mass is 10.1. The summed E-state index contributed by atoms with van der Waals surface area (Å²) in [5.74, 6) is 0.865. The molecule has 2 aromatic heterocycles. The zero-order valence-electron chi connectivity index (χ0n) is 14.1. The van der Waals surface area contributed by atoms with Crippen LogP contribution in [0.1, 0.15) is 38.6 Å². The second-order valence-corrected chi connectivity index (χ2v) is 6.38. The van der Waals surface area contributed by atoms with Gasteiger partial charge in [0.25, 0.3) is 5.56 Å². The van der Waals surface area contributed by atoms with Crippen molar-refractivity contribution in [1.29, 1.82) is 0 Å². The lowest BCUT2D eigenvalue weighted by Gasteiger charge is -2.38. The third kappa shape index (κ3) is 3.14. The first-order valence-electron chi connectivity index (χ1n) is 8.40. The molecule has 0 aliphatic carbocycles. The van der Waals surface area contributed by atoms with E-state index in [1.165, 1.54) is 0 Å². The van der Waals surface area contributed by atoms with E-state index in [2.05, 4.69) is 29.0 Å². The number of nitrogens with one attached hydrogen (secondary N) is 1. The maximum absolute atomic E-state index is 12.7. The molecule has 0 radical (unpaired) electrons. The predicted molar refractivity (Wildman–Crippen MR) is 91.5 cm³/mol. The lowest BCUT2D eigenvalue weighted by Crippen LogP contribution is -2.51. The van der Waals surface area contributed by atoms with Gasteiger partial charge in [0.2, 0.25) is 0 Å². The summed E-state index contributed by atoms with van der Waals surface area (Å²) in [5.41, 5.74) is 0.727. The minimum absolute atomic E-state index is 0.0117. The van der Waals surface area contributed by atoms with E-state index in [9.17, 15) is 4.79 Å². The van der Waals surface area contributed by atoms with Crippen molar-refractivity contribution in [1.82, 2.24) is 24.8 Å². The maximum Gasteiger partial charge on any atom is 0.262 e. The highest BCUT2D eigenvalue weighted by Crippen LogP contribution is 2.25. The summed E-state index contributed by atoms with van der Waals surface area (Å²) < 4.78 is 1.71. The smallest absolute Gasteiger partial charge is 0.262 e. The Balaban J connectivity index is 2.07. The minimum Gasteiger partial charge on any atom is -0.312 e. The van der Waals surface area contributed by atoms with Gasteiger partial charge in [-0.25, -0.2) is 4.98 Å². The highest BCUT2D eigenvalue weighted by Gasteiger charge is 2.27. The molecule has 6 heteroatoms. The van der Waals surface area contributed by atoms with Crippen molar-refractivity contribution in [3.63, 3.8) is 0 Å². The number of hydrogen-bond acceptors (Lipinski definition) is 5. The molecule has 0 saturated carbocycles. The molecule has 3 heterocycles. The molecular formula is C17H25N5O. The summed E-state index contributed by atoms with van der Waals surface area (Å²) in [6, 6.07) is 2.47. The summed E-state index contributed by atoms with van der Waals surface area (Å²) in [5, 5.41) is 4.06. The first-order chi connectivity index (χ1) is 11.1. The van der Waals surface area contributed by atoms with Crippen LogP contribution in [-0.2, 0) is 7.05 Å². The second kappa shape index (κ2) is 6.76. The SMILES string of the molecule is CCCC(c1nc2ccncc2c(=O)n1C)N1CCN[C@H](C)C1. The monoisotopic (exact) mass is 315 g/mol. The number of fused-ring (bicyclic) bond motifs is 1. The Hall–Kier alpha value is -1.79. The zero-order chi connectivity index (χ0) is 16.4. The van der Waals surface area contributed by atoms with Crippen LogP contribution in [0.3, 0.4) is 0 Å². The fourth-order valence-corrected chi connectivity index (χ4v) is 3.42. The van der Waals surface area contributed by atoms with Gasteiger partial charge in [-0.05, 0) is 19.4 Å². The highest BCUT2D eigenvalue weighted by molar-refractivity contribution is 5.76. The number of hydrogen-bond donors (Lipinski definition) is 1. The van der Waals surface area contributed by atoms with Crippen LogP contribution in [0.15, 0.2) is 23.3 Å². The summed E-state index contributed by atoms with van der Waals surface area (Å²) >= 11 is 0. The molecular weight excluding hydrogens is 290 g/mol. The van der Waals surface area contributed by atoms with Crippen molar-refractivity contribution in [3.8, 4) is 0 Å². The summed E-state index contributed by atoms with van der Waals surface area (Å²) in [6.07, 6.45) is 5.37. The van der Waals surface area contributed by atoms with E-state index in [0.29, 0.717) is 11.4 Å². The van der Waals surface area contributed by atoms with Crippen molar-refractivity contribution >= 4 is 10.9 Å². The van der Waals surface area contributed by atoms with Gasteiger partial charge in [0.1, 0.15) is 5.82 Å². The third-order valence-corrected chi connectivity index (χ3v) is 4.61. The standard InChI is InChI=1S/C17H25N5O/c1-4-5-15(22-9-8-19-12(2)11-22)16-20-14-6-7-18-10-13(14)17(23)21(16)3/h6-7,10,12,15,19H,4-5,8-9,11H2,1-3H3/t12-,15?/m1/s1. The van der Waals surface area contributed by atoms with E-state index in [4.69, 9.17) is 4.98 Å². The zero-order valence-corrected chi connectivity index (χ0v) is 14.1. The van der Waals surface area contributed by atoms with E-state index < -0.39 is 0 Å². The largest absolute Gasteiger partial charge is 0.312 e. The number of piperazine rings is 1. The Morgan fingerprint density at radius 3 is 3.04 bits per heavy atom. The van der Waals surface area contributed by atoms with Crippen LogP contribution in [0.4, 0.5) is 0 Å². The Bertz CT molecular complexity index is 741. The van der Waals surface area contributed by atoms with Crippen LogP contribution >= 0.6 is 0 Å². The number of rotatable bonds is 4. The van der Waals surface area contributed by atoms with E-state index in [1.54, 1.807) is 17.0 Å².